The van der Waals surface area contributed by atoms with Crippen LogP contribution < -0.4 is 4.74 Å². The van der Waals surface area contributed by atoms with Gasteiger partial charge in [0.2, 0.25) is 0 Å². The summed E-state index contributed by atoms with van der Waals surface area (Å²) in [6, 6.07) is 8.42. The first-order valence-corrected chi connectivity index (χ1v) is 13.4. The number of rotatable bonds is 5. The fourth-order valence-corrected chi connectivity index (χ4v) is 7.25. The van der Waals surface area contributed by atoms with E-state index in [-0.39, 0.29) is 11.5 Å². The zero-order valence-electron chi connectivity index (χ0n) is 17.3. The van der Waals surface area contributed by atoms with E-state index >= 15 is 0 Å². The Bertz CT molecular complexity index is 754. The first-order chi connectivity index (χ1) is 12.1. The number of fused-ring (bicyclic) bond motifs is 1. The van der Waals surface area contributed by atoms with E-state index in [4.69, 9.17) is 4.74 Å². The van der Waals surface area contributed by atoms with E-state index in [2.05, 4.69) is 51.7 Å². The van der Waals surface area contributed by atoms with Gasteiger partial charge < -0.3 is 9.84 Å². The minimum Gasteiger partial charge on any atom is -0.497 e. The lowest BCUT2D eigenvalue weighted by Crippen LogP contribution is -2.33. The summed E-state index contributed by atoms with van der Waals surface area (Å²) >= 11 is 0. The van der Waals surface area contributed by atoms with E-state index in [1.165, 1.54) is 22.3 Å². The molecule has 1 saturated carbocycles. The largest absolute Gasteiger partial charge is 0.497 e. The van der Waals surface area contributed by atoms with Crippen LogP contribution in [0, 0.1) is 5.41 Å². The van der Waals surface area contributed by atoms with Gasteiger partial charge >= 0.3 is 0 Å². The van der Waals surface area contributed by atoms with Crippen molar-refractivity contribution >= 4 is 8.07 Å². The average molecular weight is 371 g/mol. The summed E-state index contributed by atoms with van der Waals surface area (Å²) in [5.41, 5.74) is 6.10. The van der Waals surface area contributed by atoms with Crippen LogP contribution in [0.4, 0.5) is 0 Å². The number of aliphatic hydroxyl groups is 1. The topological polar surface area (TPSA) is 29.5 Å². The van der Waals surface area contributed by atoms with Gasteiger partial charge in [-0.1, -0.05) is 55.0 Å². The van der Waals surface area contributed by atoms with Gasteiger partial charge in [0.25, 0.3) is 0 Å². The third-order valence-electron chi connectivity index (χ3n) is 6.39. The molecule has 0 heterocycles. The predicted molar refractivity (Wildman–Crippen MR) is 112 cm³/mol. The van der Waals surface area contributed by atoms with E-state index in [1.54, 1.807) is 12.3 Å². The second-order valence-corrected chi connectivity index (χ2v) is 14.6. The molecule has 0 aliphatic heterocycles. The summed E-state index contributed by atoms with van der Waals surface area (Å²) in [7, 11) is 0.356. The smallest absolute Gasteiger partial charge is 0.119 e. The molecule has 0 unspecified atom stereocenters. The van der Waals surface area contributed by atoms with Gasteiger partial charge in [-0.2, -0.15) is 0 Å². The molecule has 3 heteroatoms. The van der Waals surface area contributed by atoms with Crippen molar-refractivity contribution in [2.24, 2.45) is 5.41 Å². The van der Waals surface area contributed by atoms with Gasteiger partial charge in [-0.3, -0.25) is 0 Å². The molecule has 1 N–H and O–H groups in total. The average Bonchev–Trinajstić information content (AvgIpc) is 2.87. The number of aryl methyl sites for hydroxylation is 1. The molecule has 1 aromatic rings. The number of aliphatic hydroxyl groups excluding tert-OH is 1. The predicted octanol–water partition coefficient (Wildman–Crippen LogP) is 5.68. The van der Waals surface area contributed by atoms with E-state index in [0.717, 1.165) is 37.9 Å². The molecule has 2 aliphatic carbocycles. The van der Waals surface area contributed by atoms with E-state index in [0.29, 0.717) is 0 Å². The highest BCUT2D eigenvalue weighted by atomic mass is 28.3. The van der Waals surface area contributed by atoms with Crippen molar-refractivity contribution in [1.82, 2.24) is 0 Å². The quantitative estimate of drug-likeness (QED) is 0.675. The maximum absolute atomic E-state index is 10.4. The maximum atomic E-state index is 10.4. The minimum absolute atomic E-state index is 0.165. The number of allylic oxidation sites excluding steroid dienone is 3. The van der Waals surface area contributed by atoms with Crippen LogP contribution in [-0.4, -0.2) is 26.4 Å². The lowest BCUT2D eigenvalue weighted by atomic mass is 9.72. The summed E-state index contributed by atoms with van der Waals surface area (Å²) < 4.78 is 5.38. The molecule has 0 aromatic heterocycles. The van der Waals surface area contributed by atoms with Crippen molar-refractivity contribution < 1.29 is 9.84 Å². The van der Waals surface area contributed by atoms with Crippen LogP contribution in [-0.2, 0) is 6.42 Å². The molecule has 1 aromatic carbocycles. The third kappa shape index (κ3) is 3.70. The second kappa shape index (κ2) is 7.01. The fraction of sp³-hybridized carbons (Fsp3) is 0.565. The summed E-state index contributed by atoms with van der Waals surface area (Å²) in [5, 5.41) is 12.1. The highest BCUT2D eigenvalue weighted by molar-refractivity contribution is 6.83. The van der Waals surface area contributed by atoms with Crippen LogP contribution in [0.2, 0.25) is 19.6 Å². The lowest BCUT2D eigenvalue weighted by molar-refractivity contribution is 0.164. The molecule has 0 bridgehead atoms. The van der Waals surface area contributed by atoms with Crippen molar-refractivity contribution in [3.05, 3.63) is 51.7 Å². The van der Waals surface area contributed by atoms with E-state index < -0.39 is 8.07 Å². The summed E-state index contributed by atoms with van der Waals surface area (Å²) in [6.07, 6.45) is 4.86. The van der Waals surface area contributed by atoms with E-state index in [9.17, 15) is 5.11 Å². The van der Waals surface area contributed by atoms with Crippen molar-refractivity contribution in [3.63, 3.8) is 0 Å². The third-order valence-corrected chi connectivity index (χ3v) is 8.76. The molecule has 2 aliphatic rings. The van der Waals surface area contributed by atoms with Crippen LogP contribution in [0.1, 0.15) is 45.1 Å². The Morgan fingerprint density at radius 1 is 1.23 bits per heavy atom. The minimum atomic E-state index is -1.37. The summed E-state index contributed by atoms with van der Waals surface area (Å²) in [4.78, 5) is 0. The second-order valence-electron chi connectivity index (χ2n) is 9.46. The molecule has 2 nitrogen and oxygen atoms in total. The number of hydrogen-bond acceptors (Lipinski definition) is 2. The van der Waals surface area contributed by atoms with Crippen molar-refractivity contribution in [2.45, 2.75) is 71.7 Å². The van der Waals surface area contributed by atoms with Gasteiger partial charge in [0.05, 0.1) is 21.3 Å². The lowest BCUT2D eigenvalue weighted by Gasteiger charge is -2.40. The van der Waals surface area contributed by atoms with Crippen LogP contribution in [0.3, 0.4) is 0 Å². The monoisotopic (exact) mass is 370 g/mol. The van der Waals surface area contributed by atoms with E-state index in [1.807, 2.05) is 6.07 Å². The molecular formula is C23H34O2Si. The molecule has 0 radical (unpaired) electrons. The van der Waals surface area contributed by atoms with Gasteiger partial charge in [0, 0.05) is 0 Å². The Labute approximate surface area is 160 Å². The Balaban J connectivity index is 1.95. The van der Waals surface area contributed by atoms with Crippen LogP contribution in [0.15, 0.2) is 46.2 Å². The number of methoxy groups -OCH3 is 1. The Morgan fingerprint density at radius 2 is 1.96 bits per heavy atom. The van der Waals surface area contributed by atoms with Crippen molar-refractivity contribution in [3.8, 4) is 5.75 Å². The normalized spacial score (nSPS) is 26.3. The zero-order valence-corrected chi connectivity index (χ0v) is 18.3. The SMILES string of the molecule is COc1cccc(CCC2=C3C[C@@H](O)C[C@@]3(C)CC([Si](C)(C)C)=C2C)c1. The molecule has 1 fully saturated rings. The molecule has 0 amide bonds. The van der Waals surface area contributed by atoms with Crippen LogP contribution >= 0.6 is 0 Å². The summed E-state index contributed by atoms with van der Waals surface area (Å²) in [6.45, 7) is 12.1. The van der Waals surface area contributed by atoms with Gasteiger partial charge in [0.15, 0.2) is 0 Å². The molecule has 0 saturated heterocycles. The molecule has 142 valence electrons. The molecular weight excluding hydrogens is 336 g/mol. The van der Waals surface area contributed by atoms with Gasteiger partial charge in [-0.25, -0.2) is 0 Å². The Kier molecular flexibility index (Phi) is 5.24. The van der Waals surface area contributed by atoms with Crippen molar-refractivity contribution in [2.75, 3.05) is 7.11 Å². The highest BCUT2D eigenvalue weighted by Gasteiger charge is 2.45. The first-order valence-electron chi connectivity index (χ1n) is 9.88. The van der Waals surface area contributed by atoms with Gasteiger partial charge in [-0.05, 0) is 67.7 Å². The van der Waals surface area contributed by atoms with Gasteiger partial charge in [0.1, 0.15) is 5.75 Å². The Morgan fingerprint density at radius 3 is 2.62 bits per heavy atom. The Hall–Kier alpha value is -1.32. The highest BCUT2D eigenvalue weighted by Crippen LogP contribution is 2.55. The zero-order chi connectivity index (χ0) is 19.1. The van der Waals surface area contributed by atoms with Gasteiger partial charge in [-0.15, -0.1) is 0 Å². The molecule has 3 rings (SSSR count). The molecule has 2 atom stereocenters. The number of ether oxygens (including phenoxy) is 1. The molecule has 0 spiro atoms. The van der Waals surface area contributed by atoms with Crippen LogP contribution in [0.25, 0.3) is 0 Å². The maximum Gasteiger partial charge on any atom is 0.119 e. The standard InChI is InChI=1S/C23H34O2Si/c1-16-20(11-10-17-8-7-9-19(12-17)25-3)21-13-18(24)14-23(21,2)15-22(16)26(4,5)6/h7-9,12,18,24H,10-11,13-15H2,1-6H3/t18-,23+/m1/s1. The fourth-order valence-electron chi connectivity index (χ4n) is 5.06. The van der Waals surface area contributed by atoms with Crippen molar-refractivity contribution in [1.29, 1.82) is 0 Å². The summed E-state index contributed by atoms with van der Waals surface area (Å²) in [5.74, 6) is 0.931. The first kappa shape index (κ1) is 19.4. The number of benzene rings is 1. The molecule has 26 heavy (non-hydrogen) atoms. The number of hydrogen-bond donors (Lipinski definition) is 1. The van der Waals surface area contributed by atoms with Crippen LogP contribution in [0.5, 0.6) is 5.75 Å².